The Kier molecular flexibility index (Phi) is 7.00. The van der Waals surface area contributed by atoms with E-state index < -0.39 is 17.3 Å². The van der Waals surface area contributed by atoms with Crippen LogP contribution in [0.15, 0.2) is 36.7 Å². The lowest BCUT2D eigenvalue weighted by Crippen LogP contribution is -2.41. The number of piperidine rings is 1. The lowest BCUT2D eigenvalue weighted by atomic mass is 9.78. The van der Waals surface area contributed by atoms with Crippen LogP contribution in [0.4, 0.5) is 18.9 Å². The van der Waals surface area contributed by atoms with E-state index in [-0.39, 0.29) is 36.1 Å². The van der Waals surface area contributed by atoms with Crippen LogP contribution in [0.3, 0.4) is 0 Å². The van der Waals surface area contributed by atoms with Gasteiger partial charge < -0.3 is 15.1 Å². The highest BCUT2D eigenvalue weighted by molar-refractivity contribution is 5.82. The number of carbonyl (C=O) groups is 2. The van der Waals surface area contributed by atoms with Crippen molar-refractivity contribution in [2.45, 2.75) is 25.6 Å². The second kappa shape index (κ2) is 9.98. The Labute approximate surface area is 201 Å². The van der Waals surface area contributed by atoms with Gasteiger partial charge in [-0.25, -0.2) is 0 Å². The summed E-state index contributed by atoms with van der Waals surface area (Å²) in [5.74, 6) is -0.389. The van der Waals surface area contributed by atoms with Gasteiger partial charge in [0.2, 0.25) is 11.8 Å². The fraction of sp³-hybridized carbons (Fsp3) is 0.500. The molecule has 2 fully saturated rings. The van der Waals surface area contributed by atoms with Crippen LogP contribution in [0.1, 0.15) is 24.0 Å². The van der Waals surface area contributed by atoms with Gasteiger partial charge in [0.1, 0.15) is 6.54 Å². The molecule has 0 unspecified atom stereocenters. The molecule has 2 amide bonds. The third-order valence-corrected chi connectivity index (χ3v) is 7.10. The third kappa shape index (κ3) is 5.26. The predicted octanol–water partition coefficient (Wildman–Crippen LogP) is 2.51. The van der Waals surface area contributed by atoms with E-state index in [2.05, 4.69) is 10.4 Å². The van der Waals surface area contributed by atoms with Crippen LogP contribution in [0, 0.1) is 29.1 Å². The van der Waals surface area contributed by atoms with Crippen molar-refractivity contribution in [3.63, 3.8) is 0 Å². The van der Waals surface area contributed by atoms with E-state index >= 15 is 0 Å². The molecule has 0 aliphatic carbocycles. The SMILES string of the molecule is CNC(=O)[C@@H]1CN(C(=O)Cn2cccn2)C[C@H]1C1CCN(c2ccc(C#N)c(C(F)(F)F)c2)CC1. The van der Waals surface area contributed by atoms with Crippen molar-refractivity contribution in [3.05, 3.63) is 47.8 Å². The summed E-state index contributed by atoms with van der Waals surface area (Å²) in [7, 11) is 1.58. The van der Waals surface area contributed by atoms with E-state index in [9.17, 15) is 22.8 Å². The molecule has 0 saturated carbocycles. The first-order chi connectivity index (χ1) is 16.7. The Morgan fingerprint density at radius 3 is 2.57 bits per heavy atom. The lowest BCUT2D eigenvalue weighted by molar-refractivity contribution is -0.137. The molecule has 2 aliphatic heterocycles. The minimum atomic E-state index is -4.60. The van der Waals surface area contributed by atoms with E-state index in [1.165, 1.54) is 6.07 Å². The summed E-state index contributed by atoms with van der Waals surface area (Å²) in [5.41, 5.74) is -0.892. The summed E-state index contributed by atoms with van der Waals surface area (Å²) < 4.78 is 41.7. The molecule has 0 spiro atoms. The number of rotatable bonds is 5. The Balaban J connectivity index is 1.44. The molecule has 2 aromatic rings. The Morgan fingerprint density at radius 1 is 1.23 bits per heavy atom. The number of nitriles is 1. The Bertz CT molecular complexity index is 1100. The first-order valence-corrected chi connectivity index (χ1v) is 11.5. The molecule has 0 bridgehead atoms. The van der Waals surface area contributed by atoms with Crippen molar-refractivity contribution in [2.24, 2.45) is 17.8 Å². The number of alkyl halides is 3. The quantitative estimate of drug-likeness (QED) is 0.698. The zero-order valence-electron chi connectivity index (χ0n) is 19.3. The highest BCUT2D eigenvalue weighted by Crippen LogP contribution is 2.39. The van der Waals surface area contributed by atoms with Crippen LogP contribution in [0.2, 0.25) is 0 Å². The molecule has 1 aromatic heterocycles. The molecule has 2 atom stereocenters. The fourth-order valence-electron chi connectivity index (χ4n) is 5.25. The maximum Gasteiger partial charge on any atom is 0.417 e. The molecule has 2 aliphatic rings. The van der Waals surface area contributed by atoms with Crippen LogP contribution in [-0.4, -0.2) is 59.7 Å². The maximum absolute atomic E-state index is 13.4. The maximum atomic E-state index is 13.4. The summed E-state index contributed by atoms with van der Waals surface area (Å²) in [6.07, 6.45) is 0.106. The number of benzene rings is 1. The molecule has 4 rings (SSSR count). The zero-order chi connectivity index (χ0) is 25.2. The van der Waals surface area contributed by atoms with Crippen LogP contribution in [0.5, 0.6) is 0 Å². The van der Waals surface area contributed by atoms with E-state index in [1.54, 1.807) is 47.2 Å². The summed E-state index contributed by atoms with van der Waals surface area (Å²) in [6, 6.07) is 7.15. The van der Waals surface area contributed by atoms with E-state index in [0.717, 1.165) is 6.07 Å². The van der Waals surface area contributed by atoms with Crippen molar-refractivity contribution in [1.29, 1.82) is 5.26 Å². The Morgan fingerprint density at radius 2 is 1.97 bits per heavy atom. The molecule has 3 heterocycles. The van der Waals surface area contributed by atoms with Crippen molar-refractivity contribution in [2.75, 3.05) is 38.1 Å². The molecular weight excluding hydrogens is 461 g/mol. The molecule has 186 valence electrons. The van der Waals surface area contributed by atoms with Gasteiger partial charge in [-0.05, 0) is 48.9 Å². The summed E-state index contributed by atoms with van der Waals surface area (Å²) in [4.78, 5) is 29.0. The van der Waals surface area contributed by atoms with Crippen molar-refractivity contribution < 1.29 is 22.8 Å². The topological polar surface area (TPSA) is 94.3 Å². The van der Waals surface area contributed by atoms with Gasteiger partial charge in [-0.15, -0.1) is 0 Å². The average molecular weight is 489 g/mol. The molecule has 11 heteroatoms. The van der Waals surface area contributed by atoms with Crippen molar-refractivity contribution in [1.82, 2.24) is 20.0 Å². The van der Waals surface area contributed by atoms with Crippen LogP contribution in [0.25, 0.3) is 0 Å². The van der Waals surface area contributed by atoms with E-state index in [0.29, 0.717) is 44.7 Å². The minimum absolute atomic E-state index is 0.0228. The largest absolute Gasteiger partial charge is 0.417 e. The normalized spacial score (nSPS) is 21.1. The average Bonchev–Trinajstić information content (AvgIpc) is 3.53. The van der Waals surface area contributed by atoms with Gasteiger partial charge >= 0.3 is 6.18 Å². The van der Waals surface area contributed by atoms with E-state index in [4.69, 9.17) is 5.26 Å². The van der Waals surface area contributed by atoms with Crippen LogP contribution in [-0.2, 0) is 22.3 Å². The van der Waals surface area contributed by atoms with Gasteiger partial charge in [0.15, 0.2) is 0 Å². The fourth-order valence-corrected chi connectivity index (χ4v) is 5.25. The molecule has 2 saturated heterocycles. The van der Waals surface area contributed by atoms with E-state index in [1.807, 2.05) is 4.90 Å². The first-order valence-electron chi connectivity index (χ1n) is 11.5. The molecule has 0 radical (unpaired) electrons. The van der Waals surface area contributed by atoms with Gasteiger partial charge in [-0.1, -0.05) is 0 Å². The number of hydrogen-bond donors (Lipinski definition) is 1. The number of amides is 2. The second-order valence-corrected chi connectivity index (χ2v) is 9.05. The second-order valence-electron chi connectivity index (χ2n) is 9.05. The predicted molar refractivity (Wildman–Crippen MR) is 121 cm³/mol. The molecule has 1 aromatic carbocycles. The van der Waals surface area contributed by atoms with Crippen molar-refractivity contribution >= 4 is 17.5 Å². The van der Waals surface area contributed by atoms with Gasteiger partial charge in [0.25, 0.3) is 0 Å². The minimum Gasteiger partial charge on any atom is -0.372 e. The van der Waals surface area contributed by atoms with Gasteiger partial charge in [0.05, 0.1) is 23.1 Å². The molecule has 8 nitrogen and oxygen atoms in total. The lowest BCUT2D eigenvalue weighted by Gasteiger charge is -2.37. The number of nitrogens with zero attached hydrogens (tertiary/aromatic N) is 5. The van der Waals surface area contributed by atoms with Crippen LogP contribution < -0.4 is 10.2 Å². The summed E-state index contributed by atoms with van der Waals surface area (Å²) in [5, 5.41) is 15.8. The molecule has 1 N–H and O–H groups in total. The standard InChI is InChI=1S/C24H27F3N6O2/c1-29-23(35)20-14-32(22(34)15-33-8-2-7-30-33)13-19(20)16-5-9-31(10-6-16)18-4-3-17(12-28)21(11-18)24(25,26)27/h2-4,7-8,11,16,19-20H,5-6,9-10,13-15H2,1H3,(H,29,35)/t19-,20+/m0/s1. The highest BCUT2D eigenvalue weighted by Gasteiger charge is 2.44. The summed E-state index contributed by atoms with van der Waals surface area (Å²) >= 11 is 0. The number of carbonyl (C=O) groups excluding carboxylic acids is 2. The number of hydrogen-bond acceptors (Lipinski definition) is 5. The number of anilines is 1. The monoisotopic (exact) mass is 488 g/mol. The number of halogens is 3. The van der Waals surface area contributed by atoms with Gasteiger partial charge in [-0.2, -0.15) is 23.5 Å². The third-order valence-electron chi connectivity index (χ3n) is 7.10. The number of nitrogens with one attached hydrogen (secondary N) is 1. The van der Waals surface area contributed by atoms with Gasteiger partial charge in [-0.3, -0.25) is 14.3 Å². The van der Waals surface area contributed by atoms with Crippen LogP contribution >= 0.6 is 0 Å². The Hall–Kier alpha value is -3.55. The van der Waals surface area contributed by atoms with Gasteiger partial charge in [0, 0.05) is 51.3 Å². The molecule has 35 heavy (non-hydrogen) atoms. The smallest absolute Gasteiger partial charge is 0.372 e. The summed E-state index contributed by atoms with van der Waals surface area (Å²) in [6.45, 7) is 1.99. The first kappa shape index (κ1) is 24.6. The molecular formula is C24H27F3N6O2. The number of aromatic nitrogens is 2. The number of likely N-dealkylation sites (tertiary alicyclic amines) is 1. The van der Waals surface area contributed by atoms with Crippen molar-refractivity contribution in [3.8, 4) is 6.07 Å². The highest BCUT2D eigenvalue weighted by atomic mass is 19.4. The zero-order valence-corrected chi connectivity index (χ0v) is 19.3.